The van der Waals surface area contributed by atoms with Crippen molar-refractivity contribution < 1.29 is 9.13 Å². The molecule has 1 atom stereocenters. The van der Waals surface area contributed by atoms with Crippen molar-refractivity contribution in [2.45, 2.75) is 32.2 Å². The Hall–Kier alpha value is -2.26. The molecule has 2 saturated heterocycles. The second kappa shape index (κ2) is 9.93. The van der Waals surface area contributed by atoms with Crippen LogP contribution in [0.4, 0.5) is 10.1 Å². The Balaban J connectivity index is 1.34. The number of nitrogens with zero attached hydrogens (tertiary/aromatic N) is 5. The maximum absolute atomic E-state index is 13.5. The third-order valence-corrected chi connectivity index (χ3v) is 6.98. The maximum Gasteiger partial charge on any atom is 0.199 e. The first kappa shape index (κ1) is 22.5. The van der Waals surface area contributed by atoms with Crippen molar-refractivity contribution in [3.63, 3.8) is 0 Å². The highest BCUT2D eigenvalue weighted by Crippen LogP contribution is 2.24. The Morgan fingerprint density at radius 2 is 1.88 bits per heavy atom. The molecule has 9 heteroatoms. The van der Waals surface area contributed by atoms with Crippen molar-refractivity contribution in [2.75, 3.05) is 37.7 Å². The van der Waals surface area contributed by atoms with Crippen molar-refractivity contribution >= 4 is 29.5 Å². The maximum atomic E-state index is 13.5. The van der Waals surface area contributed by atoms with Gasteiger partial charge < -0.3 is 9.64 Å². The summed E-state index contributed by atoms with van der Waals surface area (Å²) in [4.78, 5) is 4.70. The van der Waals surface area contributed by atoms with Gasteiger partial charge in [0.1, 0.15) is 5.82 Å². The number of aromatic nitrogens is 3. The highest BCUT2D eigenvalue weighted by atomic mass is 35.5. The van der Waals surface area contributed by atoms with E-state index in [0.29, 0.717) is 18.0 Å². The van der Waals surface area contributed by atoms with Crippen molar-refractivity contribution in [2.24, 2.45) is 0 Å². The summed E-state index contributed by atoms with van der Waals surface area (Å²) in [6.45, 7) is 5.69. The number of rotatable bonds is 6. The van der Waals surface area contributed by atoms with E-state index in [9.17, 15) is 4.39 Å². The van der Waals surface area contributed by atoms with Crippen molar-refractivity contribution in [1.29, 1.82) is 0 Å². The summed E-state index contributed by atoms with van der Waals surface area (Å²) in [6, 6.07) is 14.4. The Kier molecular flexibility index (Phi) is 6.78. The minimum atomic E-state index is -0.264. The summed E-state index contributed by atoms with van der Waals surface area (Å²) in [5, 5.41) is 5.62. The van der Waals surface area contributed by atoms with E-state index in [-0.39, 0.29) is 11.9 Å². The van der Waals surface area contributed by atoms with Crippen LogP contribution in [-0.4, -0.2) is 58.1 Å². The molecular formula is C24H27ClFN5OS. The van der Waals surface area contributed by atoms with Crippen molar-refractivity contribution in [3.05, 3.63) is 64.1 Å². The lowest BCUT2D eigenvalue weighted by atomic mass is 10.2. The van der Waals surface area contributed by atoms with Gasteiger partial charge in [-0.25, -0.2) is 9.07 Å². The number of halogens is 2. The van der Waals surface area contributed by atoms with Gasteiger partial charge >= 0.3 is 0 Å². The van der Waals surface area contributed by atoms with Gasteiger partial charge in [-0.15, -0.1) is 0 Å². The SMILES string of the molecule is Fc1ccc(-c2nn(CN3CCN(c4cccc(Cl)c4)CC3)c(=S)n2CC2CCCO2)cc1. The van der Waals surface area contributed by atoms with Gasteiger partial charge in [0.15, 0.2) is 10.6 Å². The number of piperazine rings is 1. The van der Waals surface area contributed by atoms with Crippen LogP contribution in [0.2, 0.25) is 5.02 Å². The average Bonchev–Trinajstić information content (AvgIpc) is 3.44. The molecule has 0 amide bonds. The van der Waals surface area contributed by atoms with Gasteiger partial charge in [0.05, 0.1) is 19.3 Å². The lowest BCUT2D eigenvalue weighted by Gasteiger charge is -2.35. The van der Waals surface area contributed by atoms with E-state index in [0.717, 1.165) is 67.7 Å². The van der Waals surface area contributed by atoms with E-state index in [4.69, 9.17) is 33.7 Å². The van der Waals surface area contributed by atoms with Gasteiger partial charge in [0, 0.05) is 49.1 Å². The molecule has 0 aliphatic carbocycles. The van der Waals surface area contributed by atoms with Crippen LogP contribution < -0.4 is 4.90 Å². The standard InChI is InChI=1S/C24H27ClFN5OS/c25-19-3-1-4-21(15-19)29-12-10-28(11-13-29)17-31-24(33)30(16-22-5-2-14-32-22)23(27-31)18-6-8-20(26)9-7-18/h1,3-4,6-9,15,22H,2,5,10-14,16-17H2. The fraction of sp³-hybridized carbons (Fsp3) is 0.417. The molecule has 2 fully saturated rings. The molecule has 0 bridgehead atoms. The molecule has 2 aliphatic rings. The number of hydrogen-bond acceptors (Lipinski definition) is 5. The van der Waals surface area contributed by atoms with E-state index in [1.165, 1.54) is 12.1 Å². The molecule has 0 radical (unpaired) electrons. The zero-order chi connectivity index (χ0) is 22.8. The molecule has 174 valence electrons. The lowest BCUT2D eigenvalue weighted by Crippen LogP contribution is -2.47. The third-order valence-electron chi connectivity index (χ3n) is 6.32. The number of anilines is 1. The van der Waals surface area contributed by atoms with Crippen LogP contribution in [0.25, 0.3) is 11.4 Å². The molecule has 0 N–H and O–H groups in total. The van der Waals surface area contributed by atoms with Crippen molar-refractivity contribution in [3.8, 4) is 11.4 Å². The Bertz CT molecular complexity index is 1150. The topological polar surface area (TPSA) is 38.5 Å². The van der Waals surface area contributed by atoms with Crippen LogP contribution in [0, 0.1) is 10.6 Å². The second-order valence-electron chi connectivity index (χ2n) is 8.58. The van der Waals surface area contributed by atoms with Gasteiger partial charge in [-0.2, -0.15) is 5.10 Å². The fourth-order valence-electron chi connectivity index (χ4n) is 4.51. The minimum absolute atomic E-state index is 0.134. The summed E-state index contributed by atoms with van der Waals surface area (Å²) in [5.41, 5.74) is 2.00. The molecule has 3 aromatic rings. The molecule has 2 aromatic carbocycles. The smallest absolute Gasteiger partial charge is 0.199 e. The first-order valence-electron chi connectivity index (χ1n) is 11.3. The quantitative estimate of drug-likeness (QED) is 0.465. The Labute approximate surface area is 203 Å². The first-order valence-corrected chi connectivity index (χ1v) is 12.1. The molecule has 0 spiro atoms. The molecule has 2 aliphatic heterocycles. The number of ether oxygens (including phenoxy) is 1. The Morgan fingerprint density at radius 1 is 1.09 bits per heavy atom. The van der Waals surface area contributed by atoms with E-state index in [1.807, 2.05) is 27.4 Å². The molecule has 33 heavy (non-hydrogen) atoms. The summed E-state index contributed by atoms with van der Waals surface area (Å²) in [7, 11) is 0. The second-order valence-corrected chi connectivity index (χ2v) is 9.39. The summed E-state index contributed by atoms with van der Waals surface area (Å²) >= 11 is 12.0. The zero-order valence-corrected chi connectivity index (χ0v) is 19.9. The largest absolute Gasteiger partial charge is 0.376 e. The zero-order valence-electron chi connectivity index (χ0n) is 18.4. The Morgan fingerprint density at radius 3 is 2.58 bits per heavy atom. The predicted octanol–water partition coefficient (Wildman–Crippen LogP) is 4.83. The normalized spacial score (nSPS) is 19.3. The van der Waals surface area contributed by atoms with Crippen LogP contribution in [0.15, 0.2) is 48.5 Å². The predicted molar refractivity (Wildman–Crippen MR) is 131 cm³/mol. The highest BCUT2D eigenvalue weighted by molar-refractivity contribution is 7.71. The number of hydrogen-bond donors (Lipinski definition) is 0. The van der Waals surface area contributed by atoms with Crippen LogP contribution in [-0.2, 0) is 18.0 Å². The number of benzene rings is 2. The molecular weight excluding hydrogens is 461 g/mol. The minimum Gasteiger partial charge on any atom is -0.376 e. The van der Waals surface area contributed by atoms with E-state index < -0.39 is 0 Å². The highest BCUT2D eigenvalue weighted by Gasteiger charge is 2.23. The fourth-order valence-corrected chi connectivity index (χ4v) is 4.96. The monoisotopic (exact) mass is 487 g/mol. The van der Waals surface area contributed by atoms with Gasteiger partial charge in [0.2, 0.25) is 0 Å². The van der Waals surface area contributed by atoms with Gasteiger partial charge in [-0.1, -0.05) is 17.7 Å². The third kappa shape index (κ3) is 5.14. The van der Waals surface area contributed by atoms with Crippen LogP contribution in [0.3, 0.4) is 0 Å². The molecule has 0 saturated carbocycles. The van der Waals surface area contributed by atoms with Crippen molar-refractivity contribution in [1.82, 2.24) is 19.2 Å². The van der Waals surface area contributed by atoms with E-state index in [2.05, 4.69) is 15.9 Å². The summed E-state index contributed by atoms with van der Waals surface area (Å²) < 4.78 is 24.0. The lowest BCUT2D eigenvalue weighted by molar-refractivity contribution is 0.0966. The van der Waals surface area contributed by atoms with E-state index in [1.54, 1.807) is 12.1 Å². The van der Waals surface area contributed by atoms with Gasteiger partial charge in [-0.3, -0.25) is 9.47 Å². The molecule has 3 heterocycles. The van der Waals surface area contributed by atoms with E-state index >= 15 is 0 Å². The molecule has 1 aromatic heterocycles. The van der Waals surface area contributed by atoms with Crippen LogP contribution in [0.5, 0.6) is 0 Å². The van der Waals surface area contributed by atoms with Gasteiger partial charge in [0.25, 0.3) is 0 Å². The molecule has 1 unspecified atom stereocenters. The molecule has 5 rings (SSSR count). The van der Waals surface area contributed by atoms with Crippen LogP contribution in [0.1, 0.15) is 12.8 Å². The molecule has 6 nitrogen and oxygen atoms in total. The average molecular weight is 488 g/mol. The summed E-state index contributed by atoms with van der Waals surface area (Å²) in [6.07, 6.45) is 2.21. The van der Waals surface area contributed by atoms with Gasteiger partial charge in [-0.05, 0) is 67.5 Å². The first-order chi connectivity index (χ1) is 16.1. The summed E-state index contributed by atoms with van der Waals surface area (Å²) in [5.74, 6) is 0.494. The van der Waals surface area contributed by atoms with Crippen LogP contribution >= 0.6 is 23.8 Å².